The minimum atomic E-state index is -0.705. The lowest BCUT2D eigenvalue weighted by Crippen LogP contribution is -2.33. The van der Waals surface area contributed by atoms with Crippen molar-refractivity contribution in [3.63, 3.8) is 0 Å². The zero-order chi connectivity index (χ0) is 29.5. The van der Waals surface area contributed by atoms with Gasteiger partial charge in [-0.25, -0.2) is 9.78 Å². The SMILES string of the molecule is C=C/C=C1/OCO/C1=C/CC(=O)N=c1c(C(=O)OCC)cc2c(=O)n3cccc(C)c3nc2n1CCCOC(C)C. The maximum atomic E-state index is 13.6. The summed E-state index contributed by atoms with van der Waals surface area (Å²) in [7, 11) is 0. The van der Waals surface area contributed by atoms with Gasteiger partial charge in [-0.15, -0.1) is 0 Å². The number of allylic oxidation sites excluding steroid dienone is 2. The van der Waals surface area contributed by atoms with E-state index in [9.17, 15) is 14.4 Å². The van der Waals surface area contributed by atoms with Gasteiger partial charge in [0.05, 0.1) is 24.5 Å². The minimum absolute atomic E-state index is 0.00988. The van der Waals surface area contributed by atoms with Gasteiger partial charge in [-0.05, 0) is 64.0 Å². The molecule has 1 fully saturated rings. The molecular formula is C30H34N4O7. The molecule has 1 amide bonds. The van der Waals surface area contributed by atoms with Gasteiger partial charge in [-0.1, -0.05) is 18.7 Å². The van der Waals surface area contributed by atoms with Gasteiger partial charge in [0.15, 0.2) is 17.0 Å². The Labute approximate surface area is 237 Å². The number of carbonyl (C=O) groups excluding carboxylic acids is 2. The van der Waals surface area contributed by atoms with Gasteiger partial charge < -0.3 is 23.5 Å². The Morgan fingerprint density at radius 2 is 2.02 bits per heavy atom. The first-order chi connectivity index (χ1) is 19.7. The van der Waals surface area contributed by atoms with Crippen molar-refractivity contribution >= 4 is 28.6 Å². The van der Waals surface area contributed by atoms with Crippen molar-refractivity contribution < 1.29 is 28.5 Å². The first-order valence-electron chi connectivity index (χ1n) is 13.5. The van der Waals surface area contributed by atoms with Gasteiger partial charge in [-0.3, -0.25) is 14.0 Å². The van der Waals surface area contributed by atoms with Gasteiger partial charge in [0.1, 0.15) is 16.9 Å². The molecule has 3 aromatic rings. The molecule has 0 unspecified atom stereocenters. The highest BCUT2D eigenvalue weighted by Gasteiger charge is 2.21. The number of hydrogen-bond acceptors (Lipinski definition) is 8. The van der Waals surface area contributed by atoms with Crippen LogP contribution in [0.5, 0.6) is 0 Å². The molecule has 4 rings (SSSR count). The van der Waals surface area contributed by atoms with E-state index in [-0.39, 0.29) is 54.5 Å². The largest absolute Gasteiger partial charge is 0.462 e. The van der Waals surface area contributed by atoms with Crippen LogP contribution in [0.4, 0.5) is 0 Å². The maximum Gasteiger partial charge on any atom is 0.341 e. The third-order valence-corrected chi connectivity index (χ3v) is 6.21. The summed E-state index contributed by atoms with van der Waals surface area (Å²) in [5.74, 6) is -0.397. The van der Waals surface area contributed by atoms with Crippen LogP contribution in [-0.4, -0.2) is 51.9 Å². The number of fused-ring (bicyclic) bond motifs is 2. The molecular weight excluding hydrogens is 528 g/mol. The second kappa shape index (κ2) is 13.2. The molecule has 0 aliphatic carbocycles. The molecule has 1 aliphatic heterocycles. The molecule has 0 N–H and O–H groups in total. The standard InChI is InChI=1S/C30H34N4O7/c1-6-10-23-24(41-18-40-23)12-13-25(35)31-28-22(30(37)38-7-2)17-21-27(33(28)15-9-16-39-19(3)4)32-26-20(5)11-8-14-34(26)29(21)36/h6,8,10-12,14,17,19H,1,7,9,13,15-16,18H2,2-5H3/b23-10+,24-12+,31-28?. The van der Waals surface area contributed by atoms with Crippen molar-refractivity contribution in [2.45, 2.75) is 53.2 Å². The summed E-state index contributed by atoms with van der Waals surface area (Å²) in [4.78, 5) is 49.1. The Morgan fingerprint density at radius 3 is 2.76 bits per heavy atom. The van der Waals surface area contributed by atoms with Crippen LogP contribution in [0, 0.1) is 6.92 Å². The van der Waals surface area contributed by atoms with E-state index in [1.54, 1.807) is 42.0 Å². The third kappa shape index (κ3) is 6.63. The number of pyridine rings is 2. The third-order valence-electron chi connectivity index (χ3n) is 6.21. The normalized spacial score (nSPS) is 15.6. The fraction of sp³-hybridized carbons (Fsp3) is 0.367. The molecule has 0 spiro atoms. The van der Waals surface area contributed by atoms with Crippen molar-refractivity contribution in [1.82, 2.24) is 14.0 Å². The lowest BCUT2D eigenvalue weighted by molar-refractivity contribution is -0.117. The molecule has 0 atom stereocenters. The Bertz CT molecular complexity index is 1680. The number of rotatable bonds is 10. The molecule has 4 heterocycles. The molecule has 0 saturated carbocycles. The predicted octanol–water partition coefficient (Wildman–Crippen LogP) is 3.72. The molecule has 0 aromatic carbocycles. The number of carbonyl (C=O) groups is 2. The predicted molar refractivity (Wildman–Crippen MR) is 152 cm³/mol. The van der Waals surface area contributed by atoms with E-state index in [0.717, 1.165) is 5.56 Å². The minimum Gasteiger partial charge on any atom is -0.462 e. The highest BCUT2D eigenvalue weighted by molar-refractivity contribution is 5.94. The molecule has 1 aliphatic rings. The van der Waals surface area contributed by atoms with Gasteiger partial charge in [-0.2, -0.15) is 4.99 Å². The summed E-state index contributed by atoms with van der Waals surface area (Å²) in [6.45, 7) is 11.9. The average molecular weight is 563 g/mol. The summed E-state index contributed by atoms with van der Waals surface area (Å²) in [5.41, 5.74) is 1.25. The first-order valence-corrected chi connectivity index (χ1v) is 13.5. The van der Waals surface area contributed by atoms with Crippen LogP contribution in [-0.2, 0) is 30.3 Å². The summed E-state index contributed by atoms with van der Waals surface area (Å²) in [6, 6.07) is 5.02. The monoisotopic (exact) mass is 562 g/mol. The van der Waals surface area contributed by atoms with Crippen LogP contribution in [0.3, 0.4) is 0 Å². The molecule has 11 nitrogen and oxygen atoms in total. The number of amides is 1. The summed E-state index contributed by atoms with van der Waals surface area (Å²) in [5, 5.41) is 0.199. The molecule has 11 heteroatoms. The van der Waals surface area contributed by atoms with Crippen molar-refractivity contribution in [2.75, 3.05) is 20.0 Å². The second-order valence-corrected chi connectivity index (χ2v) is 9.52. The highest BCUT2D eigenvalue weighted by atomic mass is 16.7. The lowest BCUT2D eigenvalue weighted by Gasteiger charge is -2.16. The quantitative estimate of drug-likeness (QED) is 0.208. The number of ether oxygens (including phenoxy) is 4. The van der Waals surface area contributed by atoms with Crippen LogP contribution in [0.15, 0.2) is 70.5 Å². The Hall–Kier alpha value is -4.51. The lowest BCUT2D eigenvalue weighted by atomic mass is 10.2. The molecule has 3 aromatic heterocycles. The van der Waals surface area contributed by atoms with Crippen LogP contribution >= 0.6 is 0 Å². The molecule has 1 saturated heterocycles. The van der Waals surface area contributed by atoms with E-state index < -0.39 is 11.9 Å². The fourth-order valence-electron chi connectivity index (χ4n) is 4.36. The van der Waals surface area contributed by atoms with Crippen molar-refractivity contribution in [3.05, 3.63) is 87.7 Å². The first kappa shape index (κ1) is 29.5. The van der Waals surface area contributed by atoms with E-state index >= 15 is 0 Å². The van der Waals surface area contributed by atoms with Gasteiger partial charge in [0, 0.05) is 19.3 Å². The van der Waals surface area contributed by atoms with E-state index in [1.165, 1.54) is 10.5 Å². The molecule has 41 heavy (non-hydrogen) atoms. The van der Waals surface area contributed by atoms with E-state index in [2.05, 4.69) is 11.6 Å². The average Bonchev–Trinajstić information content (AvgIpc) is 3.38. The number of aromatic nitrogens is 3. The summed E-state index contributed by atoms with van der Waals surface area (Å²) in [6.07, 6.45) is 6.78. The van der Waals surface area contributed by atoms with Crippen LogP contribution < -0.4 is 11.0 Å². The summed E-state index contributed by atoms with van der Waals surface area (Å²) < 4.78 is 24.9. The van der Waals surface area contributed by atoms with Crippen LogP contribution in [0.2, 0.25) is 0 Å². The van der Waals surface area contributed by atoms with E-state index in [4.69, 9.17) is 23.9 Å². The van der Waals surface area contributed by atoms with Crippen molar-refractivity contribution in [1.29, 1.82) is 0 Å². The number of nitrogens with zero attached hydrogens (tertiary/aromatic N) is 4. The topological polar surface area (TPSA) is 123 Å². The molecule has 216 valence electrons. The van der Waals surface area contributed by atoms with Gasteiger partial charge >= 0.3 is 5.97 Å². The van der Waals surface area contributed by atoms with Gasteiger partial charge in [0.2, 0.25) is 6.79 Å². The van der Waals surface area contributed by atoms with Crippen LogP contribution in [0.1, 0.15) is 49.5 Å². The van der Waals surface area contributed by atoms with Gasteiger partial charge in [0.25, 0.3) is 11.5 Å². The molecule has 0 bridgehead atoms. The number of aryl methyl sites for hydroxylation is 2. The Balaban J connectivity index is 1.93. The fourth-order valence-corrected chi connectivity index (χ4v) is 4.36. The smallest absolute Gasteiger partial charge is 0.341 e. The van der Waals surface area contributed by atoms with E-state index in [1.807, 2.05) is 26.8 Å². The summed E-state index contributed by atoms with van der Waals surface area (Å²) >= 11 is 0. The maximum absolute atomic E-state index is 13.6. The zero-order valence-electron chi connectivity index (χ0n) is 23.7. The van der Waals surface area contributed by atoms with Crippen molar-refractivity contribution in [3.8, 4) is 0 Å². The highest BCUT2D eigenvalue weighted by Crippen LogP contribution is 2.21. The van der Waals surface area contributed by atoms with Crippen LogP contribution in [0.25, 0.3) is 16.7 Å². The molecule has 0 radical (unpaired) electrons. The number of esters is 1. The Kier molecular flexibility index (Phi) is 9.51. The second-order valence-electron chi connectivity index (χ2n) is 9.52. The zero-order valence-corrected chi connectivity index (χ0v) is 23.7. The van der Waals surface area contributed by atoms with E-state index in [0.29, 0.717) is 35.8 Å². The number of hydrogen-bond donors (Lipinski definition) is 0. The van der Waals surface area contributed by atoms with Crippen molar-refractivity contribution in [2.24, 2.45) is 4.99 Å². The Morgan fingerprint density at radius 1 is 1.24 bits per heavy atom.